The van der Waals surface area contributed by atoms with Gasteiger partial charge in [0.05, 0.1) is 24.7 Å². The van der Waals surface area contributed by atoms with E-state index in [1.807, 2.05) is 24.3 Å². The van der Waals surface area contributed by atoms with Crippen LogP contribution in [0.5, 0.6) is 5.75 Å². The highest BCUT2D eigenvalue weighted by Crippen LogP contribution is 2.29. The average Bonchev–Trinajstić information content (AvgIpc) is 3.17. The Bertz CT molecular complexity index is 888. The summed E-state index contributed by atoms with van der Waals surface area (Å²) in [5.41, 5.74) is 2.25. The fourth-order valence-electron chi connectivity index (χ4n) is 2.15. The zero-order chi connectivity index (χ0) is 17.6. The van der Waals surface area contributed by atoms with Gasteiger partial charge in [-0.3, -0.25) is 9.79 Å². The molecule has 1 amide bonds. The maximum atomic E-state index is 12.1. The number of nitrogens with one attached hydrogen (secondary N) is 1. The van der Waals surface area contributed by atoms with Gasteiger partial charge < -0.3 is 14.5 Å². The van der Waals surface area contributed by atoms with Gasteiger partial charge in [0, 0.05) is 16.8 Å². The zero-order valence-corrected chi connectivity index (χ0v) is 15.0. The highest BCUT2D eigenvalue weighted by molar-refractivity contribution is 9.10. The summed E-state index contributed by atoms with van der Waals surface area (Å²) in [6.45, 7) is 0. The minimum atomic E-state index is -0.339. The Morgan fingerprint density at radius 1 is 1.20 bits per heavy atom. The number of benzene rings is 2. The molecule has 3 aromatic rings. The normalized spacial score (nSPS) is 10.8. The molecule has 0 radical (unpaired) electrons. The molecule has 0 fully saturated rings. The quantitative estimate of drug-likeness (QED) is 0.611. The van der Waals surface area contributed by atoms with E-state index >= 15 is 0 Å². The summed E-state index contributed by atoms with van der Waals surface area (Å²) in [6, 6.07) is 16.4. The van der Waals surface area contributed by atoms with Crippen molar-refractivity contribution in [1.29, 1.82) is 0 Å². The number of rotatable bonds is 5. The molecule has 0 saturated carbocycles. The highest BCUT2D eigenvalue weighted by Gasteiger charge is 2.12. The van der Waals surface area contributed by atoms with Gasteiger partial charge in [0.2, 0.25) is 0 Å². The van der Waals surface area contributed by atoms with Gasteiger partial charge in [-0.1, -0.05) is 28.1 Å². The Kier molecular flexibility index (Phi) is 5.30. The monoisotopic (exact) mass is 398 g/mol. The lowest BCUT2D eigenvalue weighted by molar-refractivity contribution is 0.0996. The van der Waals surface area contributed by atoms with Gasteiger partial charge in [0.25, 0.3) is 5.91 Å². The van der Waals surface area contributed by atoms with Gasteiger partial charge in [-0.2, -0.15) is 0 Å². The molecule has 1 N–H and O–H groups in total. The summed E-state index contributed by atoms with van der Waals surface area (Å²) in [5, 5.41) is 2.76. The van der Waals surface area contributed by atoms with Crippen molar-refractivity contribution in [3.63, 3.8) is 0 Å². The smallest absolute Gasteiger partial charge is 0.291 e. The number of carbonyl (C=O) groups is 1. The van der Waals surface area contributed by atoms with Gasteiger partial charge in [0.15, 0.2) is 5.76 Å². The molecule has 3 rings (SSSR count). The van der Waals surface area contributed by atoms with Crippen LogP contribution in [0.1, 0.15) is 16.1 Å². The Hall–Kier alpha value is -2.86. The summed E-state index contributed by atoms with van der Waals surface area (Å²) in [6.07, 6.45) is 3.22. The maximum absolute atomic E-state index is 12.1. The molecule has 1 aromatic heterocycles. The molecule has 2 aromatic carbocycles. The van der Waals surface area contributed by atoms with Gasteiger partial charge in [-0.05, 0) is 42.0 Å². The summed E-state index contributed by atoms with van der Waals surface area (Å²) in [7, 11) is 1.54. The van der Waals surface area contributed by atoms with E-state index in [0.717, 1.165) is 15.7 Å². The summed E-state index contributed by atoms with van der Waals surface area (Å²) < 4.78 is 11.4. The van der Waals surface area contributed by atoms with E-state index in [1.165, 1.54) is 6.26 Å². The Labute approximate surface area is 153 Å². The second kappa shape index (κ2) is 7.81. The highest BCUT2D eigenvalue weighted by atomic mass is 79.9. The molecule has 6 heteroatoms. The topological polar surface area (TPSA) is 63.8 Å². The maximum Gasteiger partial charge on any atom is 0.291 e. The number of ether oxygens (including phenoxy) is 1. The van der Waals surface area contributed by atoms with E-state index < -0.39 is 0 Å². The molecular formula is C19H15BrN2O3. The fourth-order valence-corrected chi connectivity index (χ4v) is 2.42. The SMILES string of the molecule is COc1cc(N=Cc2ccc(Br)cc2)ccc1NC(=O)c1ccco1. The second-order valence-electron chi connectivity index (χ2n) is 5.13. The number of nitrogens with zero attached hydrogens (tertiary/aromatic N) is 1. The van der Waals surface area contributed by atoms with Crippen molar-refractivity contribution in [3.05, 3.63) is 76.7 Å². The molecule has 1 heterocycles. The van der Waals surface area contributed by atoms with Gasteiger partial charge >= 0.3 is 0 Å². The van der Waals surface area contributed by atoms with Crippen molar-refractivity contribution in [2.45, 2.75) is 0 Å². The Morgan fingerprint density at radius 3 is 2.68 bits per heavy atom. The summed E-state index contributed by atoms with van der Waals surface area (Å²) in [5.74, 6) is 0.416. The van der Waals surface area contributed by atoms with Gasteiger partial charge in [0.1, 0.15) is 5.75 Å². The second-order valence-corrected chi connectivity index (χ2v) is 6.04. The van der Waals surface area contributed by atoms with Crippen LogP contribution in [0.2, 0.25) is 0 Å². The largest absolute Gasteiger partial charge is 0.494 e. The number of anilines is 1. The first-order chi connectivity index (χ1) is 12.2. The zero-order valence-electron chi connectivity index (χ0n) is 13.4. The van der Waals surface area contributed by atoms with Crippen LogP contribution in [0, 0.1) is 0 Å². The number of furan rings is 1. The lowest BCUT2D eigenvalue weighted by Gasteiger charge is -2.09. The molecule has 25 heavy (non-hydrogen) atoms. The number of amides is 1. The van der Waals surface area contributed by atoms with E-state index in [1.54, 1.807) is 43.7 Å². The average molecular weight is 399 g/mol. The minimum absolute atomic E-state index is 0.236. The standard InChI is InChI=1S/C19H15BrN2O3/c1-24-18-11-15(21-12-13-4-6-14(20)7-5-13)8-9-16(18)22-19(23)17-3-2-10-25-17/h2-12H,1H3,(H,22,23). The number of hydrogen-bond acceptors (Lipinski definition) is 4. The Morgan fingerprint density at radius 2 is 2.00 bits per heavy atom. The molecule has 0 bridgehead atoms. The predicted octanol–water partition coefficient (Wildman–Crippen LogP) is 5.05. The van der Waals surface area contributed by atoms with Crippen LogP contribution in [-0.2, 0) is 0 Å². The molecule has 5 nitrogen and oxygen atoms in total. The number of aliphatic imine (C=N–C) groups is 1. The first kappa shape index (κ1) is 17.0. The third-order valence-electron chi connectivity index (χ3n) is 3.41. The summed E-state index contributed by atoms with van der Waals surface area (Å²) in [4.78, 5) is 16.5. The van der Waals surface area contributed by atoms with E-state index in [0.29, 0.717) is 11.4 Å². The molecule has 0 unspecified atom stereocenters. The van der Waals surface area contributed by atoms with Gasteiger partial charge in [-0.15, -0.1) is 0 Å². The predicted molar refractivity (Wildman–Crippen MR) is 101 cm³/mol. The number of halogens is 1. The number of methoxy groups -OCH3 is 1. The molecule has 0 saturated heterocycles. The summed E-state index contributed by atoms with van der Waals surface area (Å²) >= 11 is 3.40. The van der Waals surface area contributed by atoms with Crippen molar-refractivity contribution in [2.75, 3.05) is 12.4 Å². The van der Waals surface area contributed by atoms with Gasteiger partial charge in [-0.25, -0.2) is 0 Å². The van der Waals surface area contributed by atoms with Crippen LogP contribution < -0.4 is 10.1 Å². The van der Waals surface area contributed by atoms with E-state index in [4.69, 9.17) is 9.15 Å². The molecule has 0 atom stereocenters. The molecule has 0 aliphatic heterocycles. The molecular weight excluding hydrogens is 384 g/mol. The first-order valence-corrected chi connectivity index (χ1v) is 8.27. The first-order valence-electron chi connectivity index (χ1n) is 7.48. The van der Waals surface area contributed by atoms with Crippen molar-refractivity contribution >= 4 is 39.4 Å². The van der Waals surface area contributed by atoms with Crippen LogP contribution >= 0.6 is 15.9 Å². The number of hydrogen-bond donors (Lipinski definition) is 1. The van der Waals surface area contributed by atoms with Crippen LogP contribution in [0.25, 0.3) is 0 Å². The van der Waals surface area contributed by atoms with Crippen molar-refractivity contribution < 1.29 is 13.9 Å². The van der Waals surface area contributed by atoms with Crippen LogP contribution in [0.3, 0.4) is 0 Å². The van der Waals surface area contributed by atoms with Crippen molar-refractivity contribution in [2.24, 2.45) is 4.99 Å². The lowest BCUT2D eigenvalue weighted by Crippen LogP contribution is -2.11. The molecule has 0 spiro atoms. The van der Waals surface area contributed by atoms with E-state index in [2.05, 4.69) is 26.2 Å². The van der Waals surface area contributed by atoms with Crippen LogP contribution in [0.15, 0.2) is 74.7 Å². The Balaban J connectivity index is 1.77. The van der Waals surface area contributed by atoms with Crippen molar-refractivity contribution in [1.82, 2.24) is 0 Å². The van der Waals surface area contributed by atoms with Crippen molar-refractivity contribution in [3.8, 4) is 5.75 Å². The minimum Gasteiger partial charge on any atom is -0.494 e. The molecule has 0 aliphatic rings. The fraction of sp³-hybridized carbons (Fsp3) is 0.0526. The molecule has 0 aliphatic carbocycles. The third-order valence-corrected chi connectivity index (χ3v) is 3.94. The third kappa shape index (κ3) is 4.36. The van der Waals surface area contributed by atoms with E-state index in [9.17, 15) is 4.79 Å². The molecule has 126 valence electrons. The van der Waals surface area contributed by atoms with Crippen LogP contribution in [-0.4, -0.2) is 19.2 Å². The van der Waals surface area contributed by atoms with E-state index in [-0.39, 0.29) is 11.7 Å². The number of carbonyl (C=O) groups excluding carboxylic acids is 1. The van der Waals surface area contributed by atoms with Crippen LogP contribution in [0.4, 0.5) is 11.4 Å². The lowest BCUT2D eigenvalue weighted by atomic mass is 10.2.